The molecule has 0 aliphatic carbocycles. The summed E-state index contributed by atoms with van der Waals surface area (Å²) in [4.78, 5) is 17.9. The minimum atomic E-state index is -0.184. The smallest absolute Gasteiger partial charge is 0.253 e. The predicted molar refractivity (Wildman–Crippen MR) is 126 cm³/mol. The van der Waals surface area contributed by atoms with Crippen LogP contribution >= 0.6 is 11.6 Å². The lowest BCUT2D eigenvalue weighted by Crippen LogP contribution is -2.25. The Kier molecular flexibility index (Phi) is 6.84. The van der Waals surface area contributed by atoms with E-state index in [2.05, 4.69) is 21.3 Å². The monoisotopic (exact) mass is 452 g/mol. The number of nitriles is 1. The summed E-state index contributed by atoms with van der Waals surface area (Å²) in [7, 11) is 1.52. The number of aromatic amines is 1. The number of anilines is 1. The van der Waals surface area contributed by atoms with Gasteiger partial charge in [-0.05, 0) is 50.2 Å². The van der Waals surface area contributed by atoms with Crippen LogP contribution in [0.15, 0.2) is 41.2 Å². The van der Waals surface area contributed by atoms with Gasteiger partial charge in [-0.15, -0.1) is 0 Å². The van der Waals surface area contributed by atoms with Gasteiger partial charge < -0.3 is 19.8 Å². The summed E-state index contributed by atoms with van der Waals surface area (Å²) < 4.78 is 11.1. The number of likely N-dealkylation sites (tertiary alicyclic amines) is 1. The molecule has 0 atom stereocenters. The van der Waals surface area contributed by atoms with Gasteiger partial charge in [0.05, 0.1) is 23.2 Å². The summed E-state index contributed by atoms with van der Waals surface area (Å²) in [5, 5.41) is 13.7. The van der Waals surface area contributed by atoms with Crippen LogP contribution < -0.4 is 20.3 Å². The maximum Gasteiger partial charge on any atom is 0.253 e. The quantitative estimate of drug-likeness (QED) is 0.533. The lowest BCUT2D eigenvalue weighted by Gasteiger charge is -2.16. The number of H-pyrrole nitrogens is 1. The first-order chi connectivity index (χ1) is 15.6. The van der Waals surface area contributed by atoms with E-state index in [-0.39, 0.29) is 5.56 Å². The second-order valence-corrected chi connectivity index (χ2v) is 8.18. The van der Waals surface area contributed by atoms with Gasteiger partial charge in [0, 0.05) is 41.9 Å². The van der Waals surface area contributed by atoms with Crippen molar-refractivity contribution in [2.24, 2.45) is 0 Å². The molecule has 4 rings (SSSR count). The topological polar surface area (TPSA) is 90.4 Å². The third-order valence-electron chi connectivity index (χ3n) is 5.64. The van der Waals surface area contributed by atoms with E-state index in [0.29, 0.717) is 46.3 Å². The Bertz CT molecular complexity index is 1210. The second-order valence-electron chi connectivity index (χ2n) is 7.77. The molecule has 8 heteroatoms. The summed E-state index contributed by atoms with van der Waals surface area (Å²) in [5.74, 6) is 1.05. The van der Waals surface area contributed by atoms with Crippen molar-refractivity contribution < 1.29 is 9.47 Å². The number of aromatic nitrogens is 1. The molecule has 0 spiro atoms. The molecule has 2 N–H and O–H groups in total. The number of ether oxygens (including phenoxy) is 2. The molecule has 3 aromatic rings. The fourth-order valence-electron chi connectivity index (χ4n) is 3.88. The van der Waals surface area contributed by atoms with Gasteiger partial charge in [0.25, 0.3) is 5.56 Å². The number of hydrogen-bond donors (Lipinski definition) is 2. The van der Waals surface area contributed by atoms with Crippen molar-refractivity contribution in [1.82, 2.24) is 9.88 Å². The fourth-order valence-corrected chi connectivity index (χ4v) is 4.10. The normalized spacial score (nSPS) is 13.8. The third kappa shape index (κ3) is 4.98. The maximum absolute atomic E-state index is 12.6. The van der Waals surface area contributed by atoms with Crippen LogP contribution in [0.4, 0.5) is 5.69 Å². The van der Waals surface area contributed by atoms with Crippen LogP contribution in [0.3, 0.4) is 0 Å². The van der Waals surface area contributed by atoms with Crippen LogP contribution in [0.5, 0.6) is 11.5 Å². The highest BCUT2D eigenvalue weighted by Gasteiger charge is 2.13. The molecule has 166 valence electrons. The number of pyridine rings is 1. The lowest BCUT2D eigenvalue weighted by molar-refractivity contribution is 0.238. The molecule has 0 bridgehead atoms. The number of fused-ring (bicyclic) bond motifs is 1. The van der Waals surface area contributed by atoms with Crippen molar-refractivity contribution in [2.45, 2.75) is 19.4 Å². The molecular weight excluding hydrogens is 428 g/mol. The maximum atomic E-state index is 12.6. The number of benzene rings is 2. The van der Waals surface area contributed by atoms with Gasteiger partial charge in [0.1, 0.15) is 24.2 Å². The van der Waals surface area contributed by atoms with Gasteiger partial charge in [-0.25, -0.2) is 0 Å². The van der Waals surface area contributed by atoms with Gasteiger partial charge in [-0.2, -0.15) is 5.26 Å². The summed E-state index contributed by atoms with van der Waals surface area (Å²) in [5.41, 5.74) is 2.27. The molecular formula is C24H25ClN4O3. The van der Waals surface area contributed by atoms with Crippen LogP contribution in [0.25, 0.3) is 10.9 Å². The second kappa shape index (κ2) is 9.94. The van der Waals surface area contributed by atoms with Crippen LogP contribution in [-0.2, 0) is 6.54 Å². The molecule has 1 aliphatic heterocycles. The van der Waals surface area contributed by atoms with Crippen molar-refractivity contribution in [3.63, 3.8) is 0 Å². The Morgan fingerprint density at radius 2 is 2.00 bits per heavy atom. The Hall–Kier alpha value is -3.21. The van der Waals surface area contributed by atoms with Gasteiger partial charge in [0.2, 0.25) is 0 Å². The lowest BCUT2D eigenvalue weighted by atomic mass is 10.1. The highest BCUT2D eigenvalue weighted by Crippen LogP contribution is 2.29. The predicted octanol–water partition coefficient (Wildman–Crippen LogP) is 4.15. The number of methoxy groups -OCH3 is 1. The molecule has 1 aromatic heterocycles. The van der Waals surface area contributed by atoms with Crippen molar-refractivity contribution >= 4 is 28.2 Å². The summed E-state index contributed by atoms with van der Waals surface area (Å²) >= 11 is 6.44. The Balaban J connectivity index is 1.47. The zero-order valence-electron chi connectivity index (χ0n) is 17.9. The molecule has 0 amide bonds. The van der Waals surface area contributed by atoms with E-state index in [9.17, 15) is 4.79 Å². The van der Waals surface area contributed by atoms with Gasteiger partial charge in [-0.1, -0.05) is 11.6 Å². The zero-order chi connectivity index (χ0) is 22.5. The van der Waals surface area contributed by atoms with Crippen molar-refractivity contribution in [3.8, 4) is 17.6 Å². The number of halogens is 1. The van der Waals surface area contributed by atoms with E-state index >= 15 is 0 Å². The standard InChI is InChI=1S/C24H25ClN4O3/c1-31-22-12-19(5-4-16(22)14-26)27-15-18-10-17-11-20(25)23(13-21(17)28-24(18)30)32-9-8-29-6-2-3-7-29/h4-5,10-13,27H,2-3,6-9,15H2,1H3,(H,28,30). The highest BCUT2D eigenvalue weighted by molar-refractivity contribution is 6.32. The van der Waals surface area contributed by atoms with Gasteiger partial charge in [0.15, 0.2) is 0 Å². The van der Waals surface area contributed by atoms with Gasteiger partial charge in [-0.3, -0.25) is 9.69 Å². The average Bonchev–Trinajstić information content (AvgIpc) is 3.32. The SMILES string of the molecule is COc1cc(NCc2cc3cc(Cl)c(OCCN4CCCC4)cc3[nH]c2=O)ccc1C#N. The van der Waals surface area contributed by atoms with Crippen LogP contribution in [0, 0.1) is 11.3 Å². The molecule has 2 aromatic carbocycles. The molecule has 1 saturated heterocycles. The molecule has 0 unspecified atom stereocenters. The molecule has 0 radical (unpaired) electrons. The number of hydrogen-bond acceptors (Lipinski definition) is 6. The molecule has 1 fully saturated rings. The molecule has 32 heavy (non-hydrogen) atoms. The highest BCUT2D eigenvalue weighted by atomic mass is 35.5. The van der Waals surface area contributed by atoms with Crippen LogP contribution in [0.2, 0.25) is 5.02 Å². The Labute approximate surface area is 191 Å². The van der Waals surface area contributed by atoms with Crippen molar-refractivity contribution in [3.05, 3.63) is 62.9 Å². The van der Waals surface area contributed by atoms with E-state index in [1.165, 1.54) is 20.0 Å². The summed E-state index contributed by atoms with van der Waals surface area (Å²) in [6.45, 7) is 3.98. The van der Waals surface area contributed by atoms with Crippen molar-refractivity contribution in [1.29, 1.82) is 5.26 Å². The Morgan fingerprint density at radius 3 is 2.75 bits per heavy atom. The molecule has 0 saturated carbocycles. The first-order valence-corrected chi connectivity index (χ1v) is 11.0. The van der Waals surface area contributed by atoms with E-state index < -0.39 is 0 Å². The molecule has 2 heterocycles. The van der Waals surface area contributed by atoms with E-state index in [0.717, 1.165) is 30.7 Å². The first kappa shape index (κ1) is 22.0. The molecule has 1 aliphatic rings. The minimum Gasteiger partial charge on any atom is -0.495 e. The van der Waals surface area contributed by atoms with Gasteiger partial charge >= 0.3 is 0 Å². The van der Waals surface area contributed by atoms with Crippen molar-refractivity contribution in [2.75, 3.05) is 38.7 Å². The fraction of sp³-hybridized carbons (Fsp3) is 0.333. The minimum absolute atomic E-state index is 0.184. The van der Waals surface area contributed by atoms with E-state index in [1.807, 2.05) is 12.1 Å². The number of nitrogens with zero attached hydrogens (tertiary/aromatic N) is 2. The third-order valence-corrected chi connectivity index (χ3v) is 5.94. The summed E-state index contributed by atoms with van der Waals surface area (Å²) in [6.07, 6.45) is 2.49. The van der Waals surface area contributed by atoms with Crippen LogP contribution in [-0.4, -0.2) is 43.2 Å². The Morgan fingerprint density at radius 1 is 1.19 bits per heavy atom. The van der Waals surface area contributed by atoms with E-state index in [4.69, 9.17) is 26.3 Å². The average molecular weight is 453 g/mol. The zero-order valence-corrected chi connectivity index (χ0v) is 18.7. The number of rotatable bonds is 8. The first-order valence-electron chi connectivity index (χ1n) is 10.6. The molecule has 7 nitrogen and oxygen atoms in total. The van der Waals surface area contributed by atoms with Crippen LogP contribution in [0.1, 0.15) is 24.0 Å². The largest absolute Gasteiger partial charge is 0.495 e. The van der Waals surface area contributed by atoms with E-state index in [1.54, 1.807) is 24.3 Å². The summed E-state index contributed by atoms with van der Waals surface area (Å²) in [6, 6.07) is 12.7. The number of nitrogens with one attached hydrogen (secondary N) is 2.